The number of nitrogens with one attached hydrogen (secondary N) is 1. The van der Waals surface area contributed by atoms with Crippen LogP contribution < -0.4 is 17.7 Å². The van der Waals surface area contributed by atoms with Crippen LogP contribution in [0.2, 0.25) is 0 Å². The number of rotatable bonds is 0. The van der Waals surface area contributed by atoms with Crippen LogP contribution in [0, 0.1) is 0 Å². The minimum Gasteiger partial charge on any atom is -1.00 e. The van der Waals surface area contributed by atoms with Crippen molar-refractivity contribution in [2.24, 2.45) is 0 Å². The molecule has 1 aromatic carbocycles. The van der Waals surface area contributed by atoms with E-state index in [2.05, 4.69) is 24.4 Å². The van der Waals surface area contributed by atoms with Crippen LogP contribution in [0.5, 0.6) is 0 Å². The minimum absolute atomic E-state index is 0. The fourth-order valence-electron chi connectivity index (χ4n) is 2.20. The third-order valence-corrected chi connectivity index (χ3v) is 2.93. The number of hydrogen-bond donors (Lipinski definition) is 1. The van der Waals surface area contributed by atoms with Crippen LogP contribution in [0.25, 0.3) is 11.0 Å². The van der Waals surface area contributed by atoms with E-state index in [0.29, 0.717) is 5.92 Å². The van der Waals surface area contributed by atoms with Gasteiger partial charge in [-0.25, -0.2) is 0 Å². The van der Waals surface area contributed by atoms with Gasteiger partial charge in [-0.3, -0.25) is 0 Å². The molecule has 1 atom stereocenters. The van der Waals surface area contributed by atoms with Crippen LogP contribution in [0.15, 0.2) is 28.7 Å². The molecule has 1 aliphatic rings. The Kier molecular flexibility index (Phi) is 2.72. The molecule has 0 spiro atoms. The van der Waals surface area contributed by atoms with Gasteiger partial charge in [0.15, 0.2) is 0 Å². The molecular formula is C12H13ClNO-. The summed E-state index contributed by atoms with van der Waals surface area (Å²) in [6.45, 7) is 4.16. The van der Waals surface area contributed by atoms with Crippen LogP contribution in [0.1, 0.15) is 24.2 Å². The molecule has 0 saturated carbocycles. The standard InChI is InChI=1S/C12H13NO.ClH/c1-8-6-13-7-10-9-4-2-3-5-11(9)14-12(8)10;/h2-5,8,13H,6-7H2,1H3;1H/p-1. The quantitative estimate of drug-likeness (QED) is 0.659. The Balaban J connectivity index is 0.000000853. The summed E-state index contributed by atoms with van der Waals surface area (Å²) in [4.78, 5) is 0. The van der Waals surface area contributed by atoms with Gasteiger partial charge in [0.1, 0.15) is 11.3 Å². The highest BCUT2D eigenvalue weighted by Crippen LogP contribution is 2.32. The van der Waals surface area contributed by atoms with E-state index in [9.17, 15) is 0 Å². The predicted molar refractivity (Wildman–Crippen MR) is 56.3 cm³/mol. The van der Waals surface area contributed by atoms with Gasteiger partial charge in [0.05, 0.1) is 0 Å². The summed E-state index contributed by atoms with van der Waals surface area (Å²) in [6.07, 6.45) is 0. The smallest absolute Gasteiger partial charge is 0.134 e. The van der Waals surface area contributed by atoms with E-state index in [1.54, 1.807) is 0 Å². The van der Waals surface area contributed by atoms with Crippen molar-refractivity contribution in [3.05, 3.63) is 35.6 Å². The summed E-state index contributed by atoms with van der Waals surface area (Å²) >= 11 is 0. The van der Waals surface area contributed by atoms with Crippen LogP contribution in [0.4, 0.5) is 0 Å². The van der Waals surface area contributed by atoms with E-state index < -0.39 is 0 Å². The van der Waals surface area contributed by atoms with Gasteiger partial charge >= 0.3 is 0 Å². The summed E-state index contributed by atoms with van der Waals surface area (Å²) in [7, 11) is 0. The number of benzene rings is 1. The first-order chi connectivity index (χ1) is 6.86. The highest BCUT2D eigenvalue weighted by Gasteiger charge is 2.22. The first-order valence-electron chi connectivity index (χ1n) is 5.07. The van der Waals surface area contributed by atoms with Crippen molar-refractivity contribution < 1.29 is 16.8 Å². The maximum atomic E-state index is 5.86. The molecule has 0 bridgehead atoms. The zero-order valence-corrected chi connectivity index (χ0v) is 9.34. The van der Waals surface area contributed by atoms with E-state index in [-0.39, 0.29) is 12.4 Å². The lowest BCUT2D eigenvalue weighted by Crippen LogP contribution is -3.00. The zero-order valence-electron chi connectivity index (χ0n) is 8.59. The molecule has 2 heterocycles. The second-order valence-corrected chi connectivity index (χ2v) is 3.97. The molecule has 80 valence electrons. The molecule has 3 heteroatoms. The lowest BCUT2D eigenvalue weighted by atomic mass is 9.99. The Morgan fingerprint density at radius 2 is 2.13 bits per heavy atom. The van der Waals surface area contributed by atoms with Gasteiger partial charge in [0, 0.05) is 30.0 Å². The maximum Gasteiger partial charge on any atom is 0.134 e. The Bertz CT molecular complexity index is 477. The molecule has 1 aliphatic heterocycles. The van der Waals surface area contributed by atoms with Gasteiger partial charge in [-0.2, -0.15) is 0 Å². The van der Waals surface area contributed by atoms with Crippen molar-refractivity contribution in [1.29, 1.82) is 0 Å². The van der Waals surface area contributed by atoms with E-state index >= 15 is 0 Å². The highest BCUT2D eigenvalue weighted by molar-refractivity contribution is 5.82. The van der Waals surface area contributed by atoms with Crippen molar-refractivity contribution in [3.63, 3.8) is 0 Å². The number of fused-ring (bicyclic) bond motifs is 3. The summed E-state index contributed by atoms with van der Waals surface area (Å²) in [5.41, 5.74) is 2.37. The first kappa shape index (κ1) is 10.5. The molecule has 1 N–H and O–H groups in total. The highest BCUT2D eigenvalue weighted by atomic mass is 35.5. The zero-order chi connectivity index (χ0) is 9.54. The van der Waals surface area contributed by atoms with Gasteiger partial charge < -0.3 is 22.1 Å². The van der Waals surface area contributed by atoms with Crippen molar-refractivity contribution >= 4 is 11.0 Å². The second-order valence-electron chi connectivity index (χ2n) is 3.97. The monoisotopic (exact) mass is 222 g/mol. The molecule has 2 nitrogen and oxygen atoms in total. The Labute approximate surface area is 95.1 Å². The average Bonchev–Trinajstić information content (AvgIpc) is 2.59. The number of hydrogen-bond acceptors (Lipinski definition) is 2. The van der Waals surface area contributed by atoms with Crippen LogP contribution >= 0.6 is 0 Å². The Morgan fingerprint density at radius 3 is 3.00 bits per heavy atom. The van der Waals surface area contributed by atoms with Crippen molar-refractivity contribution in [3.8, 4) is 0 Å². The number of halogens is 1. The van der Waals surface area contributed by atoms with Gasteiger partial charge in [0.25, 0.3) is 0 Å². The SMILES string of the molecule is CC1CNCc2c1oc1ccccc21.[Cl-]. The molecule has 15 heavy (non-hydrogen) atoms. The minimum atomic E-state index is 0. The molecule has 0 fully saturated rings. The summed E-state index contributed by atoms with van der Waals surface area (Å²) in [6, 6.07) is 8.27. The normalized spacial score (nSPS) is 19.7. The fraction of sp³-hybridized carbons (Fsp3) is 0.333. The van der Waals surface area contributed by atoms with Gasteiger partial charge in [-0.15, -0.1) is 0 Å². The summed E-state index contributed by atoms with van der Waals surface area (Å²) in [5, 5.41) is 4.67. The van der Waals surface area contributed by atoms with E-state index in [1.807, 2.05) is 12.1 Å². The molecule has 1 unspecified atom stereocenters. The third-order valence-electron chi connectivity index (χ3n) is 2.93. The Hall–Kier alpha value is -0.990. The maximum absolute atomic E-state index is 5.86. The molecule has 2 aromatic rings. The first-order valence-corrected chi connectivity index (χ1v) is 5.07. The van der Waals surface area contributed by atoms with Crippen molar-refractivity contribution in [1.82, 2.24) is 5.32 Å². The van der Waals surface area contributed by atoms with Crippen molar-refractivity contribution in [2.75, 3.05) is 6.54 Å². The topological polar surface area (TPSA) is 25.2 Å². The van der Waals surface area contributed by atoms with Gasteiger partial charge in [-0.1, -0.05) is 25.1 Å². The molecular weight excluding hydrogens is 210 g/mol. The lowest BCUT2D eigenvalue weighted by Gasteiger charge is -2.17. The molecule has 0 aliphatic carbocycles. The van der Waals surface area contributed by atoms with Crippen LogP contribution in [-0.2, 0) is 6.54 Å². The largest absolute Gasteiger partial charge is 1.00 e. The average molecular weight is 223 g/mol. The molecule has 1 aromatic heterocycles. The van der Waals surface area contributed by atoms with Crippen molar-refractivity contribution in [2.45, 2.75) is 19.4 Å². The number of furan rings is 1. The molecule has 0 radical (unpaired) electrons. The van der Waals surface area contributed by atoms with E-state index in [0.717, 1.165) is 18.7 Å². The molecule has 0 saturated heterocycles. The molecule has 0 amide bonds. The number of para-hydroxylation sites is 1. The fourth-order valence-corrected chi connectivity index (χ4v) is 2.20. The predicted octanol–water partition coefficient (Wildman–Crippen LogP) is -0.357. The summed E-state index contributed by atoms with van der Waals surface area (Å²) in [5.74, 6) is 1.66. The lowest BCUT2D eigenvalue weighted by molar-refractivity contribution is -0.00000332. The molecule has 3 rings (SSSR count). The Morgan fingerprint density at radius 1 is 1.33 bits per heavy atom. The van der Waals surface area contributed by atoms with Crippen LogP contribution in [-0.4, -0.2) is 6.54 Å². The third kappa shape index (κ3) is 1.54. The van der Waals surface area contributed by atoms with E-state index in [1.165, 1.54) is 16.7 Å². The van der Waals surface area contributed by atoms with Gasteiger partial charge in [0.2, 0.25) is 0 Å². The van der Waals surface area contributed by atoms with Crippen LogP contribution in [0.3, 0.4) is 0 Å². The van der Waals surface area contributed by atoms with Gasteiger partial charge in [-0.05, 0) is 6.07 Å². The second kappa shape index (κ2) is 3.87. The van der Waals surface area contributed by atoms with E-state index in [4.69, 9.17) is 4.42 Å². The summed E-state index contributed by atoms with van der Waals surface area (Å²) < 4.78 is 5.86.